The van der Waals surface area contributed by atoms with Crippen molar-refractivity contribution < 1.29 is 4.79 Å². The number of hydrogen-bond acceptors (Lipinski definition) is 3. The first-order valence-electron chi connectivity index (χ1n) is 7.79. The van der Waals surface area contributed by atoms with Gasteiger partial charge in [-0.3, -0.25) is 4.79 Å². The van der Waals surface area contributed by atoms with Crippen LogP contribution in [-0.2, 0) is 0 Å². The highest BCUT2D eigenvalue weighted by Gasteiger charge is 2.42. The number of aromatic nitrogens is 3. The molecule has 2 aliphatic rings. The lowest BCUT2D eigenvalue weighted by atomic mass is 9.95. The van der Waals surface area contributed by atoms with Crippen LogP contribution >= 0.6 is 11.6 Å². The first kappa shape index (κ1) is 14.0. The van der Waals surface area contributed by atoms with Crippen LogP contribution in [0.5, 0.6) is 0 Å². The Labute approximate surface area is 134 Å². The molecule has 1 amide bonds. The fourth-order valence-corrected chi connectivity index (χ4v) is 4.37. The van der Waals surface area contributed by atoms with Crippen LogP contribution in [0.25, 0.3) is 11.0 Å². The second kappa shape index (κ2) is 4.95. The number of rotatable bonds is 2. The summed E-state index contributed by atoms with van der Waals surface area (Å²) >= 11 is 6.00. The molecule has 0 saturated heterocycles. The monoisotopic (exact) mass is 318 g/mol. The summed E-state index contributed by atoms with van der Waals surface area (Å²) in [7, 11) is 3.56. The summed E-state index contributed by atoms with van der Waals surface area (Å²) in [5, 5.41) is 1.12. The molecule has 5 nitrogen and oxygen atoms in total. The molecular weight excluding hydrogens is 300 g/mol. The van der Waals surface area contributed by atoms with Crippen LogP contribution in [0.4, 0.5) is 0 Å². The number of hydrogen-bond donors (Lipinski definition) is 0. The quantitative estimate of drug-likeness (QED) is 0.799. The average molecular weight is 319 g/mol. The van der Waals surface area contributed by atoms with Crippen LogP contribution in [0.1, 0.15) is 42.2 Å². The maximum absolute atomic E-state index is 12.6. The molecule has 3 atom stereocenters. The summed E-state index contributed by atoms with van der Waals surface area (Å²) in [6, 6.07) is 2.26. The third-order valence-electron chi connectivity index (χ3n) is 5.20. The summed E-state index contributed by atoms with van der Waals surface area (Å²) in [5.41, 5.74) is 1.50. The van der Waals surface area contributed by atoms with E-state index in [0.29, 0.717) is 17.7 Å². The van der Waals surface area contributed by atoms with E-state index in [2.05, 4.69) is 14.5 Å². The fourth-order valence-electron chi connectivity index (χ4n) is 4.24. The Morgan fingerprint density at radius 1 is 1.36 bits per heavy atom. The van der Waals surface area contributed by atoms with Gasteiger partial charge < -0.3 is 9.47 Å². The van der Waals surface area contributed by atoms with E-state index in [-0.39, 0.29) is 11.2 Å². The standard InChI is InChI=1S/C16H19ClN4O/c1-20(2)15(22)13-7-11-8-18-16(17)19-14(11)21(13)12-6-9-3-4-10(12)5-9/h7-10,12H,3-6H2,1-2H3. The maximum atomic E-state index is 12.6. The number of nitrogens with zero attached hydrogens (tertiary/aromatic N) is 4. The highest BCUT2D eigenvalue weighted by atomic mass is 35.5. The zero-order chi connectivity index (χ0) is 15.4. The first-order valence-corrected chi connectivity index (χ1v) is 8.17. The summed E-state index contributed by atoms with van der Waals surface area (Å²) in [4.78, 5) is 22.7. The van der Waals surface area contributed by atoms with Gasteiger partial charge >= 0.3 is 0 Å². The molecule has 116 valence electrons. The van der Waals surface area contributed by atoms with Gasteiger partial charge in [0.1, 0.15) is 11.3 Å². The molecule has 0 N–H and O–H groups in total. The van der Waals surface area contributed by atoms with Crippen molar-refractivity contribution in [3.05, 3.63) is 23.2 Å². The van der Waals surface area contributed by atoms with E-state index in [1.807, 2.05) is 6.07 Å². The van der Waals surface area contributed by atoms with Crippen LogP contribution in [0, 0.1) is 11.8 Å². The average Bonchev–Trinajstić information content (AvgIpc) is 3.18. The van der Waals surface area contributed by atoms with E-state index in [0.717, 1.165) is 23.4 Å². The van der Waals surface area contributed by atoms with Crippen molar-refractivity contribution in [1.82, 2.24) is 19.4 Å². The van der Waals surface area contributed by atoms with Gasteiger partial charge in [0.15, 0.2) is 0 Å². The van der Waals surface area contributed by atoms with E-state index in [1.165, 1.54) is 19.3 Å². The van der Waals surface area contributed by atoms with Crippen LogP contribution < -0.4 is 0 Å². The lowest BCUT2D eigenvalue weighted by molar-refractivity contribution is 0.0813. The smallest absolute Gasteiger partial charge is 0.270 e. The summed E-state index contributed by atoms with van der Waals surface area (Å²) in [6.45, 7) is 0. The van der Waals surface area contributed by atoms with Crippen molar-refractivity contribution in [3.63, 3.8) is 0 Å². The predicted octanol–water partition coefficient (Wildman–Crippen LogP) is 3.15. The van der Waals surface area contributed by atoms with Gasteiger partial charge in [-0.25, -0.2) is 4.98 Å². The number of halogens is 1. The summed E-state index contributed by atoms with van der Waals surface area (Å²) < 4.78 is 2.13. The van der Waals surface area contributed by atoms with Gasteiger partial charge in [-0.05, 0) is 48.8 Å². The summed E-state index contributed by atoms with van der Waals surface area (Å²) in [5.74, 6) is 1.46. The first-order chi connectivity index (χ1) is 10.5. The molecule has 0 aromatic carbocycles. The van der Waals surface area contributed by atoms with E-state index in [9.17, 15) is 4.79 Å². The Hall–Kier alpha value is -1.62. The van der Waals surface area contributed by atoms with E-state index < -0.39 is 0 Å². The molecule has 0 spiro atoms. The van der Waals surface area contributed by atoms with Gasteiger partial charge in [0.2, 0.25) is 5.28 Å². The van der Waals surface area contributed by atoms with E-state index in [1.54, 1.807) is 25.2 Å². The van der Waals surface area contributed by atoms with Crippen molar-refractivity contribution in [3.8, 4) is 0 Å². The Balaban J connectivity index is 1.91. The highest BCUT2D eigenvalue weighted by Crippen LogP contribution is 2.51. The predicted molar refractivity (Wildman–Crippen MR) is 85.0 cm³/mol. The van der Waals surface area contributed by atoms with Gasteiger partial charge in [0.05, 0.1) is 0 Å². The normalized spacial score (nSPS) is 26.8. The summed E-state index contributed by atoms with van der Waals surface area (Å²) in [6.07, 6.45) is 6.71. The molecule has 0 radical (unpaired) electrons. The molecular formula is C16H19ClN4O. The minimum atomic E-state index is 0.0110. The zero-order valence-corrected chi connectivity index (χ0v) is 13.5. The highest BCUT2D eigenvalue weighted by molar-refractivity contribution is 6.28. The maximum Gasteiger partial charge on any atom is 0.270 e. The van der Waals surface area contributed by atoms with E-state index >= 15 is 0 Å². The minimum absolute atomic E-state index is 0.0110. The molecule has 2 fully saturated rings. The van der Waals surface area contributed by atoms with Crippen molar-refractivity contribution in [2.45, 2.75) is 31.7 Å². The molecule has 2 aromatic rings. The lowest BCUT2D eigenvalue weighted by Crippen LogP contribution is -2.27. The number of carbonyl (C=O) groups is 1. The van der Waals surface area contributed by atoms with Gasteiger partial charge in [0.25, 0.3) is 5.91 Å². The number of fused-ring (bicyclic) bond motifs is 3. The molecule has 2 aromatic heterocycles. The van der Waals surface area contributed by atoms with Crippen molar-refractivity contribution in [2.75, 3.05) is 14.1 Å². The third-order valence-corrected chi connectivity index (χ3v) is 5.39. The van der Waals surface area contributed by atoms with Crippen LogP contribution in [-0.4, -0.2) is 39.4 Å². The number of carbonyl (C=O) groups excluding carboxylic acids is 1. The SMILES string of the molecule is CN(C)C(=O)c1cc2cnc(Cl)nc2n1C1CC2CCC1C2. The fraction of sp³-hybridized carbons (Fsp3) is 0.562. The Morgan fingerprint density at radius 2 is 2.18 bits per heavy atom. The molecule has 2 heterocycles. The van der Waals surface area contributed by atoms with Crippen LogP contribution in [0.15, 0.2) is 12.3 Å². The molecule has 22 heavy (non-hydrogen) atoms. The van der Waals surface area contributed by atoms with Gasteiger partial charge in [0, 0.05) is 31.7 Å². The zero-order valence-electron chi connectivity index (χ0n) is 12.8. The van der Waals surface area contributed by atoms with Crippen LogP contribution in [0.3, 0.4) is 0 Å². The van der Waals surface area contributed by atoms with Gasteiger partial charge in [-0.15, -0.1) is 0 Å². The number of amides is 1. The van der Waals surface area contributed by atoms with Gasteiger partial charge in [-0.2, -0.15) is 4.98 Å². The van der Waals surface area contributed by atoms with Crippen molar-refractivity contribution in [2.24, 2.45) is 11.8 Å². The molecule has 4 rings (SSSR count). The Kier molecular flexibility index (Phi) is 3.15. The largest absolute Gasteiger partial charge is 0.343 e. The van der Waals surface area contributed by atoms with Crippen LogP contribution in [0.2, 0.25) is 5.28 Å². The minimum Gasteiger partial charge on any atom is -0.343 e. The molecule has 0 aliphatic heterocycles. The second-order valence-corrected chi connectivity index (χ2v) is 7.10. The molecule has 2 aliphatic carbocycles. The Bertz CT molecular complexity index is 754. The second-order valence-electron chi connectivity index (χ2n) is 6.76. The third kappa shape index (κ3) is 2.02. The lowest BCUT2D eigenvalue weighted by Gasteiger charge is -2.26. The topological polar surface area (TPSA) is 51.0 Å². The Morgan fingerprint density at radius 3 is 2.82 bits per heavy atom. The van der Waals surface area contributed by atoms with Crippen molar-refractivity contribution in [1.29, 1.82) is 0 Å². The molecule has 2 saturated carbocycles. The molecule has 6 heteroatoms. The van der Waals surface area contributed by atoms with E-state index in [4.69, 9.17) is 11.6 Å². The molecule has 3 unspecified atom stereocenters. The molecule has 2 bridgehead atoms. The van der Waals surface area contributed by atoms with Gasteiger partial charge in [-0.1, -0.05) is 6.42 Å². The van der Waals surface area contributed by atoms with Crippen molar-refractivity contribution >= 4 is 28.5 Å².